The second-order valence-electron chi connectivity index (χ2n) is 20.8. The van der Waals surface area contributed by atoms with Crippen LogP contribution in [0.1, 0.15) is 98.4 Å². The zero-order chi connectivity index (χ0) is 45.2. The molecular weight excluding hydrogens is 976 g/mol. The van der Waals surface area contributed by atoms with E-state index in [0.717, 1.165) is 50.1 Å². The first-order valence-corrected chi connectivity index (χ1v) is 22.4. The number of ether oxygens (including phenoxy) is 1. The molecule has 0 saturated carbocycles. The maximum atomic E-state index is 6.96. The van der Waals surface area contributed by atoms with Crippen LogP contribution < -0.4 is 14.5 Å². The van der Waals surface area contributed by atoms with Crippen molar-refractivity contribution in [3.63, 3.8) is 0 Å². The minimum atomic E-state index is -0.347. The van der Waals surface area contributed by atoms with Crippen molar-refractivity contribution in [1.82, 2.24) is 9.55 Å². The van der Waals surface area contributed by atoms with Crippen molar-refractivity contribution in [2.24, 2.45) is 5.41 Å². The molecule has 65 heavy (non-hydrogen) atoms. The van der Waals surface area contributed by atoms with Gasteiger partial charge in [-0.3, -0.25) is 0 Å². The van der Waals surface area contributed by atoms with Crippen LogP contribution in [-0.2, 0) is 37.3 Å². The van der Waals surface area contributed by atoms with Crippen LogP contribution in [0, 0.1) is 24.2 Å². The quantitative estimate of drug-likeness (QED) is 0.142. The van der Waals surface area contributed by atoms with Crippen LogP contribution >= 0.6 is 0 Å². The van der Waals surface area contributed by atoms with E-state index < -0.39 is 0 Å². The minimum absolute atomic E-state index is 0. The molecular formula is C59H59N4OPt-3. The number of benzene rings is 6. The molecule has 0 fully saturated rings. The van der Waals surface area contributed by atoms with Gasteiger partial charge in [0.05, 0.1) is 0 Å². The van der Waals surface area contributed by atoms with Gasteiger partial charge in [0.25, 0.3) is 0 Å². The van der Waals surface area contributed by atoms with Gasteiger partial charge in [-0.15, -0.1) is 53.6 Å². The van der Waals surface area contributed by atoms with Gasteiger partial charge in [0.1, 0.15) is 5.82 Å². The zero-order valence-corrected chi connectivity index (χ0v) is 41.8. The molecule has 0 radical (unpaired) electrons. The predicted molar refractivity (Wildman–Crippen MR) is 267 cm³/mol. The SMILES string of the molecule is CC(C)(C)C1=CN(c2[c-]c(Oc3[c-]c4c(cc3)c3cc(-c5ccccc5)ccc3n4-c3cc(C(C)(C)C)ccn3)cc(C(C)(C)c3ccccc3)c2)[CH-]N1c1cccc(C(C)(C)C)c1.[Pt]. The Morgan fingerprint density at radius 1 is 0.538 bits per heavy atom. The Balaban J connectivity index is 0.00000576. The number of pyridine rings is 1. The molecule has 0 spiro atoms. The van der Waals surface area contributed by atoms with Crippen molar-refractivity contribution in [3.8, 4) is 28.4 Å². The third kappa shape index (κ3) is 9.05. The molecule has 2 aromatic heterocycles. The first-order valence-electron chi connectivity index (χ1n) is 22.4. The van der Waals surface area contributed by atoms with Gasteiger partial charge in [-0.25, -0.2) is 4.98 Å². The summed E-state index contributed by atoms with van der Waals surface area (Å²) in [5.41, 5.74) is 11.8. The first-order chi connectivity index (χ1) is 30.3. The summed E-state index contributed by atoms with van der Waals surface area (Å²) in [6.07, 6.45) is 4.16. The number of nitrogens with zero attached hydrogens (tertiary/aromatic N) is 4. The van der Waals surface area contributed by atoms with E-state index in [9.17, 15) is 0 Å². The topological polar surface area (TPSA) is 33.5 Å². The van der Waals surface area contributed by atoms with Gasteiger partial charge in [0.15, 0.2) is 0 Å². The smallest absolute Gasteiger partial charge is 0.135 e. The second kappa shape index (κ2) is 17.1. The van der Waals surface area contributed by atoms with Gasteiger partial charge in [0, 0.05) is 61.1 Å². The van der Waals surface area contributed by atoms with Crippen molar-refractivity contribution in [2.75, 3.05) is 9.80 Å². The average Bonchev–Trinajstić information content (AvgIpc) is 3.87. The number of allylic oxidation sites excluding steroid dienone is 1. The van der Waals surface area contributed by atoms with E-state index in [2.05, 4.69) is 249 Å². The van der Waals surface area contributed by atoms with Crippen molar-refractivity contribution >= 4 is 33.2 Å². The minimum Gasteiger partial charge on any atom is -0.509 e. The van der Waals surface area contributed by atoms with Crippen LogP contribution in [0.15, 0.2) is 158 Å². The fourth-order valence-electron chi connectivity index (χ4n) is 8.69. The largest absolute Gasteiger partial charge is 0.509 e. The van der Waals surface area contributed by atoms with E-state index >= 15 is 0 Å². The first kappa shape index (κ1) is 45.7. The molecule has 1 aliphatic heterocycles. The third-order valence-electron chi connectivity index (χ3n) is 12.7. The van der Waals surface area contributed by atoms with Gasteiger partial charge >= 0.3 is 0 Å². The summed E-state index contributed by atoms with van der Waals surface area (Å²) in [6, 6.07) is 57.2. The second-order valence-corrected chi connectivity index (χ2v) is 20.8. The molecule has 0 N–H and O–H groups in total. The van der Waals surface area contributed by atoms with Crippen LogP contribution in [0.25, 0.3) is 38.8 Å². The Bertz CT molecular complexity index is 3030. The summed E-state index contributed by atoms with van der Waals surface area (Å²) in [5, 5.41) is 2.21. The van der Waals surface area contributed by atoms with Crippen LogP contribution in [-0.4, -0.2) is 9.55 Å². The molecule has 1 aliphatic rings. The zero-order valence-electron chi connectivity index (χ0n) is 39.5. The van der Waals surface area contributed by atoms with E-state index in [1.807, 2.05) is 12.3 Å². The van der Waals surface area contributed by atoms with E-state index in [1.54, 1.807) is 0 Å². The Labute approximate surface area is 401 Å². The number of rotatable bonds is 8. The Morgan fingerprint density at radius 2 is 1.22 bits per heavy atom. The fourth-order valence-corrected chi connectivity index (χ4v) is 8.69. The van der Waals surface area contributed by atoms with Crippen molar-refractivity contribution in [3.05, 3.63) is 199 Å². The normalized spacial score (nSPS) is 13.6. The van der Waals surface area contributed by atoms with E-state index in [1.165, 1.54) is 28.0 Å². The molecule has 0 atom stereocenters. The van der Waals surface area contributed by atoms with Crippen LogP contribution in [0.3, 0.4) is 0 Å². The summed E-state index contributed by atoms with van der Waals surface area (Å²) < 4.78 is 9.18. The summed E-state index contributed by atoms with van der Waals surface area (Å²) in [6.45, 7) is 27.1. The summed E-state index contributed by atoms with van der Waals surface area (Å²) in [5.74, 6) is 2.05. The molecule has 6 aromatic carbocycles. The van der Waals surface area contributed by atoms with Crippen LogP contribution in [0.4, 0.5) is 11.4 Å². The molecule has 9 rings (SSSR count). The van der Waals surface area contributed by atoms with Crippen molar-refractivity contribution in [2.45, 2.75) is 92.4 Å². The fraction of sp³-hybridized carbons (Fsp3) is 0.254. The van der Waals surface area contributed by atoms with Gasteiger partial charge < -0.3 is 19.1 Å². The van der Waals surface area contributed by atoms with E-state index in [-0.39, 0.29) is 42.7 Å². The van der Waals surface area contributed by atoms with Gasteiger partial charge in [-0.2, -0.15) is 6.07 Å². The monoisotopic (exact) mass is 1030 g/mol. The molecule has 0 saturated heterocycles. The van der Waals surface area contributed by atoms with Crippen molar-refractivity contribution < 1.29 is 25.8 Å². The maximum absolute atomic E-state index is 6.96. The molecule has 3 heterocycles. The van der Waals surface area contributed by atoms with Crippen LogP contribution in [0.2, 0.25) is 0 Å². The molecule has 0 unspecified atom stereocenters. The molecule has 5 nitrogen and oxygen atoms in total. The number of hydrogen-bond donors (Lipinski definition) is 0. The maximum Gasteiger partial charge on any atom is 0.135 e. The van der Waals surface area contributed by atoms with Crippen LogP contribution in [0.5, 0.6) is 11.5 Å². The van der Waals surface area contributed by atoms with Gasteiger partial charge in [-0.05, 0) is 86.0 Å². The number of aromatic nitrogens is 2. The number of anilines is 2. The number of fused-ring (bicyclic) bond motifs is 3. The Morgan fingerprint density at radius 3 is 1.91 bits per heavy atom. The average molecular weight is 1040 g/mol. The summed E-state index contributed by atoms with van der Waals surface area (Å²) in [7, 11) is 0. The van der Waals surface area contributed by atoms with Gasteiger partial charge in [-0.1, -0.05) is 167 Å². The molecule has 0 aliphatic carbocycles. The molecule has 8 aromatic rings. The third-order valence-corrected chi connectivity index (χ3v) is 12.7. The molecule has 0 bridgehead atoms. The number of hydrogen-bond acceptors (Lipinski definition) is 4. The molecule has 6 heteroatoms. The standard InChI is InChI=1S/C59H59N4O.Pt/c1-56(2,3)43-23-18-24-46(32-43)62-39-61(38-54(62)58(7,8)9)47-33-45(59(10,11)42-21-16-13-17-22-42)34-49(36-47)64-48-26-27-50-51-31-41(40-19-14-12-15-20-40)25-28-52(51)63(53(50)37-48)55-35-44(29-30-60-55)57(4,5)6;/h12-35,38-39H,1-11H3;/q-3;. The van der Waals surface area contributed by atoms with Gasteiger partial charge in [0.2, 0.25) is 0 Å². The Kier molecular flexibility index (Phi) is 12.0. The predicted octanol–water partition coefficient (Wildman–Crippen LogP) is 15.5. The Hall–Kier alpha value is -5.90. The van der Waals surface area contributed by atoms with E-state index in [0.29, 0.717) is 11.5 Å². The summed E-state index contributed by atoms with van der Waals surface area (Å²) >= 11 is 0. The molecule has 0 amide bonds. The molecule has 334 valence electrons. The summed E-state index contributed by atoms with van der Waals surface area (Å²) in [4.78, 5) is 9.48. The van der Waals surface area contributed by atoms with E-state index in [4.69, 9.17) is 9.72 Å². The van der Waals surface area contributed by atoms with Crippen molar-refractivity contribution in [1.29, 1.82) is 0 Å².